The molecule has 0 aliphatic heterocycles. The van der Waals surface area contributed by atoms with Crippen LogP contribution in [0.3, 0.4) is 0 Å². The van der Waals surface area contributed by atoms with Crippen LogP contribution in [0.4, 0.5) is 0 Å². The van der Waals surface area contributed by atoms with E-state index in [-0.39, 0.29) is 18.6 Å². The predicted octanol–water partition coefficient (Wildman–Crippen LogP) is 1.41. The van der Waals surface area contributed by atoms with Gasteiger partial charge in [-0.05, 0) is 12.3 Å². The Bertz CT molecular complexity index is 91.6. The van der Waals surface area contributed by atoms with E-state index < -0.39 is 0 Å². The van der Waals surface area contributed by atoms with Gasteiger partial charge in [0.2, 0.25) is 0 Å². The summed E-state index contributed by atoms with van der Waals surface area (Å²) in [6, 6.07) is 0. The van der Waals surface area contributed by atoms with E-state index in [0.29, 0.717) is 5.92 Å². The third-order valence-corrected chi connectivity index (χ3v) is 2.15. The number of hydrogen-bond donors (Lipinski definition) is 2. The Morgan fingerprint density at radius 1 is 1.27 bits per heavy atom. The molecule has 0 heterocycles. The maximum atomic E-state index is 9.52. The first-order valence-corrected chi connectivity index (χ1v) is 4.42. The van der Waals surface area contributed by atoms with Gasteiger partial charge in [0, 0.05) is 12.5 Å². The summed E-state index contributed by atoms with van der Waals surface area (Å²) in [5, 5.41) is 18.5. The van der Waals surface area contributed by atoms with E-state index in [1.807, 2.05) is 20.8 Å². The second-order valence-electron chi connectivity index (χ2n) is 3.45. The highest BCUT2D eigenvalue weighted by Crippen LogP contribution is 2.17. The molecule has 2 atom stereocenters. The molecule has 68 valence electrons. The van der Waals surface area contributed by atoms with Gasteiger partial charge >= 0.3 is 0 Å². The number of hydrogen-bond acceptors (Lipinski definition) is 2. The molecular formula is C9H20O2. The van der Waals surface area contributed by atoms with Crippen molar-refractivity contribution in [3.63, 3.8) is 0 Å². The average Bonchev–Trinajstić information content (AvgIpc) is 1.88. The lowest BCUT2D eigenvalue weighted by Gasteiger charge is -2.23. The van der Waals surface area contributed by atoms with E-state index in [2.05, 4.69) is 0 Å². The first-order chi connectivity index (χ1) is 5.13. The normalized spacial score (nSPS) is 16.9. The molecule has 0 aromatic carbocycles. The van der Waals surface area contributed by atoms with Crippen molar-refractivity contribution >= 4 is 0 Å². The van der Waals surface area contributed by atoms with Crippen LogP contribution in [0.25, 0.3) is 0 Å². The summed E-state index contributed by atoms with van der Waals surface area (Å²) in [6.45, 7) is 6.19. The molecule has 0 bridgehead atoms. The van der Waals surface area contributed by atoms with E-state index in [1.54, 1.807) is 0 Å². The molecule has 0 amide bonds. The van der Waals surface area contributed by atoms with Crippen LogP contribution in [-0.2, 0) is 0 Å². The van der Waals surface area contributed by atoms with Gasteiger partial charge in [-0.25, -0.2) is 0 Å². The standard InChI is InChI=1S/C9H20O2/c1-4-5-9(11)8(6-10)7(2)3/h7-11H,4-6H2,1-3H3/t8-,9-/m1/s1. The fraction of sp³-hybridized carbons (Fsp3) is 1.00. The molecule has 2 nitrogen and oxygen atoms in total. The van der Waals surface area contributed by atoms with E-state index in [4.69, 9.17) is 5.11 Å². The molecule has 0 fully saturated rings. The fourth-order valence-corrected chi connectivity index (χ4v) is 1.29. The monoisotopic (exact) mass is 160 g/mol. The highest BCUT2D eigenvalue weighted by Gasteiger charge is 2.20. The second kappa shape index (κ2) is 5.56. The Labute approximate surface area is 69.2 Å². The lowest BCUT2D eigenvalue weighted by molar-refractivity contribution is 0.0357. The fourth-order valence-electron chi connectivity index (χ4n) is 1.29. The molecule has 2 N–H and O–H groups in total. The van der Waals surface area contributed by atoms with Gasteiger partial charge in [0.1, 0.15) is 0 Å². The van der Waals surface area contributed by atoms with Gasteiger partial charge < -0.3 is 10.2 Å². The van der Waals surface area contributed by atoms with Crippen LogP contribution in [0.2, 0.25) is 0 Å². The summed E-state index contributed by atoms with van der Waals surface area (Å²) >= 11 is 0. The lowest BCUT2D eigenvalue weighted by Crippen LogP contribution is -2.28. The Kier molecular flexibility index (Phi) is 5.51. The van der Waals surface area contributed by atoms with Crippen LogP contribution in [0.15, 0.2) is 0 Å². The zero-order chi connectivity index (χ0) is 8.85. The first kappa shape index (κ1) is 10.9. The molecule has 0 aromatic rings. The third-order valence-electron chi connectivity index (χ3n) is 2.15. The molecule has 0 radical (unpaired) electrons. The van der Waals surface area contributed by atoms with Gasteiger partial charge in [-0.15, -0.1) is 0 Å². The minimum absolute atomic E-state index is 0.0509. The molecular weight excluding hydrogens is 140 g/mol. The Hall–Kier alpha value is -0.0800. The molecule has 2 heteroatoms. The van der Waals surface area contributed by atoms with Crippen LogP contribution in [-0.4, -0.2) is 22.9 Å². The molecule has 0 saturated heterocycles. The van der Waals surface area contributed by atoms with Gasteiger partial charge in [-0.3, -0.25) is 0 Å². The zero-order valence-electron chi connectivity index (χ0n) is 7.75. The molecule has 11 heavy (non-hydrogen) atoms. The zero-order valence-corrected chi connectivity index (χ0v) is 7.75. The number of aliphatic hydroxyl groups excluding tert-OH is 2. The Balaban J connectivity index is 3.81. The Morgan fingerprint density at radius 3 is 2.09 bits per heavy atom. The molecule has 0 spiro atoms. The molecule has 0 saturated carbocycles. The van der Waals surface area contributed by atoms with Crippen molar-refractivity contribution in [3.8, 4) is 0 Å². The largest absolute Gasteiger partial charge is 0.396 e. The maximum Gasteiger partial charge on any atom is 0.0592 e. The van der Waals surface area contributed by atoms with Gasteiger partial charge in [0.25, 0.3) is 0 Å². The van der Waals surface area contributed by atoms with Crippen molar-refractivity contribution in [2.75, 3.05) is 6.61 Å². The van der Waals surface area contributed by atoms with Crippen molar-refractivity contribution in [2.24, 2.45) is 11.8 Å². The van der Waals surface area contributed by atoms with E-state index in [1.165, 1.54) is 0 Å². The molecule has 0 aliphatic rings. The Morgan fingerprint density at radius 2 is 1.82 bits per heavy atom. The van der Waals surface area contributed by atoms with E-state index in [0.717, 1.165) is 12.8 Å². The smallest absolute Gasteiger partial charge is 0.0592 e. The topological polar surface area (TPSA) is 40.5 Å². The summed E-state index contributed by atoms with van der Waals surface area (Å²) in [4.78, 5) is 0. The number of aliphatic hydroxyl groups is 2. The minimum atomic E-state index is -0.329. The quantitative estimate of drug-likeness (QED) is 0.638. The molecule has 0 unspecified atom stereocenters. The second-order valence-corrected chi connectivity index (χ2v) is 3.45. The maximum absolute atomic E-state index is 9.52. The van der Waals surface area contributed by atoms with Crippen LogP contribution in [0.1, 0.15) is 33.6 Å². The highest BCUT2D eigenvalue weighted by molar-refractivity contribution is 4.70. The molecule has 0 aliphatic carbocycles. The van der Waals surface area contributed by atoms with Crippen LogP contribution < -0.4 is 0 Å². The van der Waals surface area contributed by atoms with Crippen LogP contribution in [0, 0.1) is 11.8 Å². The summed E-state index contributed by atoms with van der Waals surface area (Å²) < 4.78 is 0. The summed E-state index contributed by atoms with van der Waals surface area (Å²) in [7, 11) is 0. The van der Waals surface area contributed by atoms with E-state index >= 15 is 0 Å². The van der Waals surface area contributed by atoms with Crippen LogP contribution in [0.5, 0.6) is 0 Å². The van der Waals surface area contributed by atoms with Crippen molar-refractivity contribution < 1.29 is 10.2 Å². The van der Waals surface area contributed by atoms with Crippen molar-refractivity contribution in [2.45, 2.75) is 39.7 Å². The summed E-state index contributed by atoms with van der Waals surface area (Å²) in [5.41, 5.74) is 0. The van der Waals surface area contributed by atoms with Gasteiger partial charge in [-0.1, -0.05) is 27.2 Å². The predicted molar refractivity (Wildman–Crippen MR) is 46.3 cm³/mol. The van der Waals surface area contributed by atoms with Gasteiger partial charge in [0.15, 0.2) is 0 Å². The first-order valence-electron chi connectivity index (χ1n) is 4.42. The average molecular weight is 160 g/mol. The highest BCUT2D eigenvalue weighted by atomic mass is 16.3. The third kappa shape index (κ3) is 3.73. The van der Waals surface area contributed by atoms with Crippen molar-refractivity contribution in [1.82, 2.24) is 0 Å². The molecule has 0 aromatic heterocycles. The van der Waals surface area contributed by atoms with Gasteiger partial charge in [-0.2, -0.15) is 0 Å². The number of rotatable bonds is 5. The summed E-state index contributed by atoms with van der Waals surface area (Å²) in [5.74, 6) is 0.413. The van der Waals surface area contributed by atoms with E-state index in [9.17, 15) is 5.11 Å². The van der Waals surface area contributed by atoms with Crippen molar-refractivity contribution in [1.29, 1.82) is 0 Å². The van der Waals surface area contributed by atoms with Gasteiger partial charge in [0.05, 0.1) is 6.10 Å². The molecule has 0 rings (SSSR count). The lowest BCUT2D eigenvalue weighted by atomic mass is 9.89. The SMILES string of the molecule is CCC[C@@H](O)[C@H](CO)C(C)C. The summed E-state index contributed by atoms with van der Waals surface area (Å²) in [6.07, 6.45) is 1.44. The minimum Gasteiger partial charge on any atom is -0.396 e. The van der Waals surface area contributed by atoms with Crippen molar-refractivity contribution in [3.05, 3.63) is 0 Å². The van der Waals surface area contributed by atoms with Crippen LogP contribution >= 0.6 is 0 Å².